The van der Waals surface area contributed by atoms with E-state index in [1.807, 2.05) is 12.1 Å². The van der Waals surface area contributed by atoms with Crippen LogP contribution < -0.4 is 14.2 Å². The van der Waals surface area contributed by atoms with Crippen LogP contribution in [-0.2, 0) is 0 Å². The molecule has 0 N–H and O–H groups in total. The van der Waals surface area contributed by atoms with Gasteiger partial charge in [0.25, 0.3) is 0 Å². The topological polar surface area (TPSA) is 46.5 Å². The minimum Gasteiger partial charge on any atom is -0.497 e. The van der Waals surface area contributed by atoms with Crippen molar-refractivity contribution >= 4 is 5.71 Å². The lowest BCUT2D eigenvalue weighted by molar-refractivity contribution is -0.152. The summed E-state index contributed by atoms with van der Waals surface area (Å²) in [5.74, 6) is 2.57. The zero-order valence-corrected chi connectivity index (χ0v) is 18.8. The quantitative estimate of drug-likeness (QED) is 0.730. The molecule has 2 aromatic carbocycles. The summed E-state index contributed by atoms with van der Waals surface area (Å²) in [6.45, 7) is 6.55. The van der Waals surface area contributed by atoms with E-state index in [2.05, 4.69) is 54.1 Å². The number of fused-ring (bicyclic) bond motifs is 4. The lowest BCUT2D eigenvalue weighted by atomic mass is 9.90. The minimum atomic E-state index is -0.397. The van der Waals surface area contributed by atoms with Gasteiger partial charge in [0.15, 0.2) is 0 Å². The predicted molar refractivity (Wildman–Crippen MR) is 121 cm³/mol. The number of nitrogens with zero attached hydrogens (tertiary/aromatic N) is 3. The average Bonchev–Trinajstić information content (AvgIpc) is 3.25. The van der Waals surface area contributed by atoms with Crippen LogP contribution in [0.3, 0.4) is 0 Å². The number of methoxy groups -OCH3 is 2. The second kappa shape index (κ2) is 7.75. The predicted octanol–water partition coefficient (Wildman–Crippen LogP) is 4.45. The Labute approximate surface area is 184 Å². The monoisotopic (exact) mass is 421 g/mol. The molecule has 1 fully saturated rings. The van der Waals surface area contributed by atoms with Gasteiger partial charge in [-0.1, -0.05) is 18.2 Å². The maximum Gasteiger partial charge on any atom is 0.200 e. The van der Waals surface area contributed by atoms with E-state index in [1.54, 1.807) is 14.2 Å². The summed E-state index contributed by atoms with van der Waals surface area (Å²) in [5.41, 5.74) is 2.87. The summed E-state index contributed by atoms with van der Waals surface area (Å²) in [5, 5.41) is 7.43. The molecule has 1 atom stereocenters. The Morgan fingerprint density at radius 2 is 1.84 bits per heavy atom. The van der Waals surface area contributed by atoms with Crippen LogP contribution in [0.4, 0.5) is 0 Å². The number of rotatable bonds is 4. The van der Waals surface area contributed by atoms with Crippen molar-refractivity contribution in [1.29, 1.82) is 0 Å². The maximum absolute atomic E-state index is 6.72. The van der Waals surface area contributed by atoms with E-state index in [4.69, 9.17) is 19.3 Å². The first-order valence-corrected chi connectivity index (χ1v) is 11.2. The van der Waals surface area contributed by atoms with Gasteiger partial charge in [-0.05, 0) is 32.0 Å². The molecule has 6 heteroatoms. The van der Waals surface area contributed by atoms with Crippen molar-refractivity contribution in [1.82, 2.24) is 9.91 Å². The highest BCUT2D eigenvalue weighted by atomic mass is 16.5. The molecule has 1 spiro atoms. The van der Waals surface area contributed by atoms with E-state index in [1.165, 1.54) is 5.56 Å². The van der Waals surface area contributed by atoms with Crippen LogP contribution in [0, 0.1) is 0 Å². The second-order valence-corrected chi connectivity index (χ2v) is 8.89. The third-order valence-corrected chi connectivity index (χ3v) is 6.94. The molecule has 3 aliphatic rings. The highest BCUT2D eigenvalue weighted by Crippen LogP contribution is 2.50. The van der Waals surface area contributed by atoms with E-state index in [0.29, 0.717) is 6.04 Å². The lowest BCUT2D eigenvalue weighted by Gasteiger charge is -2.51. The Bertz CT molecular complexity index is 995. The summed E-state index contributed by atoms with van der Waals surface area (Å²) >= 11 is 0. The molecule has 2 aromatic rings. The van der Waals surface area contributed by atoms with Gasteiger partial charge in [0.2, 0.25) is 5.72 Å². The molecule has 3 heterocycles. The molecule has 0 aromatic heterocycles. The summed E-state index contributed by atoms with van der Waals surface area (Å²) < 4.78 is 17.8. The van der Waals surface area contributed by atoms with Crippen LogP contribution in [0.1, 0.15) is 50.3 Å². The van der Waals surface area contributed by atoms with Gasteiger partial charge >= 0.3 is 0 Å². The number of piperidine rings is 1. The first-order chi connectivity index (χ1) is 15.0. The number of para-hydroxylation sites is 1. The van der Waals surface area contributed by atoms with Crippen LogP contribution >= 0.6 is 0 Å². The summed E-state index contributed by atoms with van der Waals surface area (Å²) in [4.78, 5) is 2.53. The molecule has 31 heavy (non-hydrogen) atoms. The molecular formula is C25H31N3O3. The molecular weight excluding hydrogens is 390 g/mol. The zero-order chi connectivity index (χ0) is 21.6. The normalized spacial score (nSPS) is 22.0. The van der Waals surface area contributed by atoms with Gasteiger partial charge in [-0.15, -0.1) is 0 Å². The van der Waals surface area contributed by atoms with Gasteiger partial charge in [0.05, 0.1) is 26.0 Å². The number of likely N-dealkylation sites (tertiary alicyclic amines) is 1. The summed E-state index contributed by atoms with van der Waals surface area (Å²) in [7, 11) is 3.37. The molecule has 0 unspecified atom stereocenters. The van der Waals surface area contributed by atoms with Crippen molar-refractivity contribution in [2.75, 3.05) is 27.3 Å². The van der Waals surface area contributed by atoms with Crippen LogP contribution in [0.25, 0.3) is 0 Å². The molecule has 3 aliphatic heterocycles. The van der Waals surface area contributed by atoms with E-state index in [9.17, 15) is 0 Å². The Kier molecular flexibility index (Phi) is 5.05. The largest absolute Gasteiger partial charge is 0.497 e. The van der Waals surface area contributed by atoms with Crippen LogP contribution in [-0.4, -0.2) is 54.7 Å². The second-order valence-electron chi connectivity index (χ2n) is 8.89. The fourth-order valence-electron chi connectivity index (χ4n) is 5.15. The van der Waals surface area contributed by atoms with Crippen LogP contribution in [0.5, 0.6) is 17.2 Å². The third kappa shape index (κ3) is 3.33. The minimum absolute atomic E-state index is 0.178. The van der Waals surface area contributed by atoms with E-state index in [-0.39, 0.29) is 6.04 Å². The molecule has 0 bridgehead atoms. The van der Waals surface area contributed by atoms with Gasteiger partial charge in [0.1, 0.15) is 17.2 Å². The van der Waals surface area contributed by atoms with E-state index >= 15 is 0 Å². The van der Waals surface area contributed by atoms with Crippen molar-refractivity contribution in [3.63, 3.8) is 0 Å². The number of hydrazone groups is 1. The van der Waals surface area contributed by atoms with Crippen molar-refractivity contribution in [3.8, 4) is 17.2 Å². The Hall–Kier alpha value is -2.73. The zero-order valence-electron chi connectivity index (χ0n) is 18.8. The fraction of sp³-hybridized carbons (Fsp3) is 0.480. The maximum atomic E-state index is 6.72. The fourth-order valence-corrected chi connectivity index (χ4v) is 5.15. The first kappa shape index (κ1) is 20.2. The third-order valence-electron chi connectivity index (χ3n) is 6.94. The van der Waals surface area contributed by atoms with Gasteiger partial charge in [-0.2, -0.15) is 5.10 Å². The van der Waals surface area contributed by atoms with Crippen molar-refractivity contribution in [3.05, 3.63) is 53.6 Å². The SMILES string of the molecule is COc1ccc(C2=NN3[C@H](C2)c2ccccc2OC32CCN(C(C)C)CC2)c(OC)c1. The van der Waals surface area contributed by atoms with Gasteiger partial charge in [-0.3, -0.25) is 0 Å². The Balaban J connectivity index is 1.54. The highest BCUT2D eigenvalue weighted by Gasteiger charge is 2.52. The number of ether oxygens (including phenoxy) is 3. The number of hydrogen-bond acceptors (Lipinski definition) is 6. The average molecular weight is 422 g/mol. The van der Waals surface area contributed by atoms with Gasteiger partial charge in [0, 0.05) is 55.6 Å². The van der Waals surface area contributed by atoms with Crippen LogP contribution in [0.15, 0.2) is 47.6 Å². The molecule has 0 aliphatic carbocycles. The molecule has 1 saturated heterocycles. The summed E-state index contributed by atoms with van der Waals surface area (Å²) in [6, 6.07) is 15.1. The number of hydrogen-bond donors (Lipinski definition) is 0. The Morgan fingerprint density at radius 3 is 2.55 bits per heavy atom. The van der Waals surface area contributed by atoms with Crippen molar-refractivity contribution in [2.45, 2.75) is 50.9 Å². The molecule has 0 saturated carbocycles. The molecule has 6 nitrogen and oxygen atoms in total. The molecule has 5 rings (SSSR count). The molecule has 164 valence electrons. The van der Waals surface area contributed by atoms with E-state index in [0.717, 1.165) is 60.9 Å². The first-order valence-electron chi connectivity index (χ1n) is 11.2. The summed E-state index contributed by atoms with van der Waals surface area (Å²) in [6.07, 6.45) is 2.71. The van der Waals surface area contributed by atoms with Crippen molar-refractivity contribution < 1.29 is 14.2 Å². The van der Waals surface area contributed by atoms with Crippen molar-refractivity contribution in [2.24, 2.45) is 5.10 Å². The smallest absolute Gasteiger partial charge is 0.200 e. The van der Waals surface area contributed by atoms with E-state index < -0.39 is 5.72 Å². The Morgan fingerprint density at radius 1 is 1.06 bits per heavy atom. The highest BCUT2D eigenvalue weighted by molar-refractivity contribution is 6.04. The molecule has 0 radical (unpaired) electrons. The molecule has 0 amide bonds. The lowest BCUT2D eigenvalue weighted by Crippen LogP contribution is -2.59. The van der Waals surface area contributed by atoms with Gasteiger partial charge in [-0.25, -0.2) is 5.01 Å². The van der Waals surface area contributed by atoms with Crippen LogP contribution in [0.2, 0.25) is 0 Å². The number of benzene rings is 2. The van der Waals surface area contributed by atoms with Gasteiger partial charge < -0.3 is 19.1 Å². The standard InChI is InChI=1S/C25H31N3O3/c1-17(2)27-13-11-25(12-14-27)28-22(20-7-5-6-8-23(20)31-25)16-21(26-28)19-10-9-18(29-3)15-24(19)30-4/h5-10,15,17,22H,11-14,16H2,1-4H3/t22-/m1/s1.